The van der Waals surface area contributed by atoms with Crippen molar-refractivity contribution in [2.45, 2.75) is 52.2 Å². The van der Waals surface area contributed by atoms with Crippen LogP contribution in [0.25, 0.3) is 0 Å². The summed E-state index contributed by atoms with van der Waals surface area (Å²) in [4.78, 5) is 25.7. The van der Waals surface area contributed by atoms with Crippen molar-refractivity contribution in [3.8, 4) is 0 Å². The molecule has 1 aliphatic rings. The van der Waals surface area contributed by atoms with Gasteiger partial charge < -0.3 is 10.6 Å². The molecule has 0 saturated carbocycles. The lowest BCUT2D eigenvalue weighted by Gasteiger charge is -2.24. The molecule has 5 heteroatoms. The summed E-state index contributed by atoms with van der Waals surface area (Å²) in [6.45, 7) is 8.92. The fraction of sp³-hybridized carbons (Fsp3) is 0.556. The Labute approximate surface area is 138 Å². The predicted octanol–water partition coefficient (Wildman–Crippen LogP) is 1.93. The smallest absolute Gasteiger partial charge is 0.251 e. The van der Waals surface area contributed by atoms with Gasteiger partial charge in [0, 0.05) is 37.2 Å². The van der Waals surface area contributed by atoms with E-state index in [0.29, 0.717) is 24.6 Å². The summed E-state index contributed by atoms with van der Waals surface area (Å²) < 4.78 is 0. The van der Waals surface area contributed by atoms with Gasteiger partial charge in [-0.15, -0.1) is 0 Å². The van der Waals surface area contributed by atoms with Crippen LogP contribution in [0.5, 0.6) is 0 Å². The largest absolute Gasteiger partial charge is 0.352 e. The van der Waals surface area contributed by atoms with E-state index in [2.05, 4.69) is 36.3 Å². The molecule has 1 heterocycles. The highest BCUT2D eigenvalue weighted by Gasteiger charge is 2.21. The second-order valence-corrected chi connectivity index (χ2v) is 6.37. The highest BCUT2D eigenvalue weighted by molar-refractivity contribution is 5.94. The van der Waals surface area contributed by atoms with Gasteiger partial charge in [0.1, 0.15) is 0 Å². The van der Waals surface area contributed by atoms with Crippen molar-refractivity contribution in [1.29, 1.82) is 0 Å². The SMILES string of the molecule is CCN(Cc1ccc(C(=O)NC[C@@H]2CCC(=O)N2)cc1)C(C)C. The van der Waals surface area contributed by atoms with Gasteiger partial charge >= 0.3 is 0 Å². The molecule has 0 aliphatic carbocycles. The fourth-order valence-electron chi connectivity index (χ4n) is 2.80. The summed E-state index contributed by atoms with van der Waals surface area (Å²) in [5, 5.41) is 5.74. The minimum Gasteiger partial charge on any atom is -0.352 e. The van der Waals surface area contributed by atoms with E-state index >= 15 is 0 Å². The molecule has 1 aliphatic heterocycles. The van der Waals surface area contributed by atoms with Crippen LogP contribution < -0.4 is 10.6 Å². The number of rotatable bonds is 7. The first-order chi connectivity index (χ1) is 11.0. The molecule has 5 nitrogen and oxygen atoms in total. The third-order valence-corrected chi connectivity index (χ3v) is 4.33. The monoisotopic (exact) mass is 317 g/mol. The second kappa shape index (κ2) is 8.11. The van der Waals surface area contributed by atoms with Crippen LogP contribution in [0.15, 0.2) is 24.3 Å². The summed E-state index contributed by atoms with van der Waals surface area (Å²) in [5.74, 6) is -0.0202. The van der Waals surface area contributed by atoms with E-state index in [9.17, 15) is 9.59 Å². The summed E-state index contributed by atoms with van der Waals surface area (Å²) in [6.07, 6.45) is 1.35. The van der Waals surface area contributed by atoms with Gasteiger partial charge in [0.25, 0.3) is 5.91 Å². The maximum absolute atomic E-state index is 12.1. The first-order valence-corrected chi connectivity index (χ1v) is 8.40. The van der Waals surface area contributed by atoms with Crippen LogP contribution >= 0.6 is 0 Å². The number of carbonyl (C=O) groups is 2. The van der Waals surface area contributed by atoms with Crippen molar-refractivity contribution in [2.24, 2.45) is 0 Å². The van der Waals surface area contributed by atoms with E-state index in [0.717, 1.165) is 19.5 Å². The summed E-state index contributed by atoms with van der Waals surface area (Å²) in [6, 6.07) is 8.33. The van der Waals surface area contributed by atoms with E-state index < -0.39 is 0 Å². The van der Waals surface area contributed by atoms with Crippen molar-refractivity contribution in [3.63, 3.8) is 0 Å². The second-order valence-electron chi connectivity index (χ2n) is 6.37. The van der Waals surface area contributed by atoms with Crippen LogP contribution in [0.3, 0.4) is 0 Å². The summed E-state index contributed by atoms with van der Waals surface area (Å²) in [7, 11) is 0. The maximum Gasteiger partial charge on any atom is 0.251 e. The molecule has 1 atom stereocenters. The third kappa shape index (κ3) is 5.06. The molecular formula is C18H27N3O2. The standard InChI is InChI=1S/C18H27N3O2/c1-4-21(13(2)3)12-14-5-7-15(8-6-14)18(23)19-11-16-9-10-17(22)20-16/h5-8,13,16H,4,9-12H2,1-3H3,(H,19,23)(H,20,22)/t16-/m0/s1. The van der Waals surface area contributed by atoms with Gasteiger partial charge in [-0.1, -0.05) is 19.1 Å². The van der Waals surface area contributed by atoms with Crippen LogP contribution in [-0.2, 0) is 11.3 Å². The number of nitrogens with zero attached hydrogens (tertiary/aromatic N) is 1. The Hall–Kier alpha value is -1.88. The van der Waals surface area contributed by atoms with Gasteiger partial charge in [0.2, 0.25) is 5.91 Å². The lowest BCUT2D eigenvalue weighted by molar-refractivity contribution is -0.119. The van der Waals surface area contributed by atoms with Crippen LogP contribution in [0.4, 0.5) is 0 Å². The van der Waals surface area contributed by atoms with Gasteiger partial charge in [-0.3, -0.25) is 14.5 Å². The third-order valence-electron chi connectivity index (χ3n) is 4.33. The first-order valence-electron chi connectivity index (χ1n) is 8.40. The highest BCUT2D eigenvalue weighted by Crippen LogP contribution is 2.10. The van der Waals surface area contributed by atoms with Gasteiger partial charge in [0.15, 0.2) is 0 Å². The number of hydrogen-bond acceptors (Lipinski definition) is 3. The van der Waals surface area contributed by atoms with Gasteiger partial charge in [-0.25, -0.2) is 0 Å². The molecule has 1 aromatic carbocycles. The lowest BCUT2D eigenvalue weighted by Crippen LogP contribution is -2.38. The van der Waals surface area contributed by atoms with Crippen LogP contribution in [0.1, 0.15) is 49.5 Å². The molecule has 1 saturated heterocycles. The Morgan fingerprint density at radius 1 is 1.35 bits per heavy atom. The normalized spacial score (nSPS) is 17.6. The van der Waals surface area contributed by atoms with Crippen molar-refractivity contribution in [2.75, 3.05) is 13.1 Å². The number of benzene rings is 1. The summed E-state index contributed by atoms with van der Waals surface area (Å²) >= 11 is 0. The van der Waals surface area contributed by atoms with E-state index in [-0.39, 0.29) is 17.9 Å². The zero-order valence-corrected chi connectivity index (χ0v) is 14.3. The van der Waals surface area contributed by atoms with Gasteiger partial charge in [-0.2, -0.15) is 0 Å². The van der Waals surface area contributed by atoms with E-state index in [4.69, 9.17) is 0 Å². The molecule has 23 heavy (non-hydrogen) atoms. The molecule has 2 N–H and O–H groups in total. The van der Waals surface area contributed by atoms with E-state index in [1.807, 2.05) is 24.3 Å². The average molecular weight is 317 g/mol. The molecule has 0 bridgehead atoms. The Balaban J connectivity index is 1.86. The van der Waals surface area contributed by atoms with E-state index in [1.165, 1.54) is 5.56 Å². The van der Waals surface area contributed by atoms with Gasteiger partial charge in [-0.05, 0) is 44.5 Å². The predicted molar refractivity (Wildman–Crippen MR) is 91.2 cm³/mol. The quantitative estimate of drug-likeness (QED) is 0.808. The van der Waals surface area contributed by atoms with Crippen molar-refractivity contribution in [1.82, 2.24) is 15.5 Å². The molecule has 1 aromatic rings. The van der Waals surface area contributed by atoms with Gasteiger partial charge in [0.05, 0.1) is 0 Å². The number of nitrogens with one attached hydrogen (secondary N) is 2. The Kier molecular flexibility index (Phi) is 6.16. The molecule has 2 rings (SSSR count). The zero-order chi connectivity index (χ0) is 16.8. The minimum atomic E-state index is -0.0890. The van der Waals surface area contributed by atoms with Crippen molar-refractivity contribution >= 4 is 11.8 Å². The first kappa shape index (κ1) is 17.5. The molecule has 0 spiro atoms. The van der Waals surface area contributed by atoms with Crippen molar-refractivity contribution in [3.05, 3.63) is 35.4 Å². The highest BCUT2D eigenvalue weighted by atomic mass is 16.2. The lowest BCUT2D eigenvalue weighted by atomic mass is 10.1. The van der Waals surface area contributed by atoms with Crippen LogP contribution in [-0.4, -0.2) is 41.9 Å². The zero-order valence-electron chi connectivity index (χ0n) is 14.3. The number of hydrogen-bond donors (Lipinski definition) is 2. The molecule has 1 fully saturated rings. The average Bonchev–Trinajstić information content (AvgIpc) is 2.96. The van der Waals surface area contributed by atoms with Crippen molar-refractivity contribution < 1.29 is 9.59 Å². The molecule has 126 valence electrons. The number of carbonyl (C=O) groups excluding carboxylic acids is 2. The molecular weight excluding hydrogens is 290 g/mol. The van der Waals surface area contributed by atoms with Crippen LogP contribution in [0.2, 0.25) is 0 Å². The molecule has 0 aromatic heterocycles. The van der Waals surface area contributed by atoms with E-state index in [1.54, 1.807) is 0 Å². The molecule has 2 amide bonds. The Morgan fingerprint density at radius 2 is 2.04 bits per heavy atom. The summed E-state index contributed by atoms with van der Waals surface area (Å²) in [5.41, 5.74) is 1.87. The maximum atomic E-state index is 12.1. The molecule has 0 unspecified atom stereocenters. The minimum absolute atomic E-state index is 0.0647. The Morgan fingerprint density at radius 3 is 2.57 bits per heavy atom. The number of amides is 2. The topological polar surface area (TPSA) is 61.4 Å². The van der Waals surface area contributed by atoms with Crippen LogP contribution in [0, 0.1) is 0 Å². The fourth-order valence-corrected chi connectivity index (χ4v) is 2.80. The molecule has 0 radical (unpaired) electrons. The Bertz CT molecular complexity index is 540.